The number of esters is 1. The quantitative estimate of drug-likeness (QED) is 0.365. The molecule has 1 saturated carbocycles. The summed E-state index contributed by atoms with van der Waals surface area (Å²) in [6, 6.07) is 0. The lowest BCUT2D eigenvalue weighted by Gasteiger charge is -2.48. The second kappa shape index (κ2) is 3.67. The average Bonchev–Trinajstić information content (AvgIpc) is 2.18. The minimum absolute atomic E-state index is 0.156. The zero-order valence-electron chi connectivity index (χ0n) is 8.46. The van der Waals surface area contributed by atoms with Gasteiger partial charge in [0, 0.05) is 27.1 Å². The number of methoxy groups -OCH3 is 3. The summed E-state index contributed by atoms with van der Waals surface area (Å²) in [6.07, 6.45) is 2.02. The highest BCUT2D eigenvalue weighted by Gasteiger charge is 2.62. The van der Waals surface area contributed by atoms with Gasteiger partial charge in [-0.2, -0.15) is 0 Å². The summed E-state index contributed by atoms with van der Waals surface area (Å²) < 4.78 is 14.6. The molecule has 0 aromatic heterocycles. The number of hydrogen-bond donors (Lipinski definition) is 0. The predicted molar refractivity (Wildman–Crippen MR) is 46.1 cm³/mol. The molecule has 0 atom stereocenters. The molecule has 0 unspecified atom stereocenters. The molecule has 1 radical (unpaired) electrons. The van der Waals surface area contributed by atoms with E-state index in [-0.39, 0.29) is 12.8 Å². The van der Waals surface area contributed by atoms with Crippen LogP contribution < -0.4 is 0 Å². The minimum atomic E-state index is -1.21. The van der Waals surface area contributed by atoms with E-state index in [0.717, 1.165) is 0 Å². The van der Waals surface area contributed by atoms with Gasteiger partial charge in [-0.25, -0.2) is 0 Å². The van der Waals surface area contributed by atoms with E-state index in [4.69, 9.17) is 9.47 Å². The Balaban J connectivity index is 2.74. The first-order valence-corrected chi connectivity index (χ1v) is 4.16. The van der Waals surface area contributed by atoms with Gasteiger partial charge in [0.25, 0.3) is 0 Å². The van der Waals surface area contributed by atoms with E-state index < -0.39 is 17.2 Å². The molecule has 1 aliphatic rings. The largest absolute Gasteiger partial charge is 0.468 e. The third-order valence-electron chi connectivity index (χ3n) is 2.66. The maximum Gasteiger partial charge on any atom is 0.320 e. The Morgan fingerprint density at radius 2 is 1.71 bits per heavy atom. The molecule has 0 N–H and O–H groups in total. The fourth-order valence-electron chi connectivity index (χ4n) is 1.69. The third kappa shape index (κ3) is 1.42. The molecule has 0 heterocycles. The van der Waals surface area contributed by atoms with Crippen molar-refractivity contribution in [1.29, 1.82) is 0 Å². The molecule has 0 bridgehead atoms. The second-order valence-electron chi connectivity index (χ2n) is 3.35. The van der Waals surface area contributed by atoms with Crippen LogP contribution in [0.3, 0.4) is 0 Å². The zero-order chi connectivity index (χ0) is 10.8. The second-order valence-corrected chi connectivity index (χ2v) is 3.35. The van der Waals surface area contributed by atoms with E-state index in [0.29, 0.717) is 0 Å². The summed E-state index contributed by atoms with van der Waals surface area (Å²) >= 11 is 0. The first-order chi connectivity index (χ1) is 6.58. The highest BCUT2D eigenvalue weighted by Crippen LogP contribution is 2.50. The summed E-state index contributed by atoms with van der Waals surface area (Å²) in [5, 5.41) is 0. The molecule has 0 aromatic carbocycles. The predicted octanol–water partition coefficient (Wildman–Crippen LogP) is 0.0384. The minimum Gasteiger partial charge on any atom is -0.468 e. The van der Waals surface area contributed by atoms with Crippen LogP contribution in [0, 0.1) is 5.41 Å². The van der Waals surface area contributed by atoms with Crippen LogP contribution in [-0.2, 0) is 23.8 Å². The first-order valence-electron chi connectivity index (χ1n) is 4.16. The Bertz CT molecular complexity index is 236. The third-order valence-corrected chi connectivity index (χ3v) is 2.66. The Labute approximate surface area is 82.3 Å². The normalized spacial score (nSPS) is 22.2. The maximum absolute atomic E-state index is 11.3. The van der Waals surface area contributed by atoms with Gasteiger partial charge >= 0.3 is 5.97 Å². The highest BCUT2D eigenvalue weighted by molar-refractivity contribution is 5.95. The molecule has 0 saturated heterocycles. The monoisotopic (exact) mass is 201 g/mol. The maximum atomic E-state index is 11.3. The fourth-order valence-corrected chi connectivity index (χ4v) is 1.69. The number of carbonyl (C=O) groups excluding carboxylic acids is 2. The van der Waals surface area contributed by atoms with Crippen LogP contribution in [-0.4, -0.2) is 39.4 Å². The van der Waals surface area contributed by atoms with Gasteiger partial charge in [0.15, 0.2) is 5.79 Å². The van der Waals surface area contributed by atoms with Crippen molar-refractivity contribution < 1.29 is 23.8 Å². The molecule has 1 fully saturated rings. The van der Waals surface area contributed by atoms with Crippen LogP contribution in [0.2, 0.25) is 0 Å². The Kier molecular flexibility index (Phi) is 2.92. The van der Waals surface area contributed by atoms with Crippen molar-refractivity contribution in [2.24, 2.45) is 5.41 Å². The van der Waals surface area contributed by atoms with E-state index in [9.17, 15) is 9.59 Å². The van der Waals surface area contributed by atoms with Gasteiger partial charge in [-0.3, -0.25) is 9.59 Å². The molecular formula is C9H13O5. The van der Waals surface area contributed by atoms with Gasteiger partial charge in [-0.1, -0.05) is 0 Å². The molecule has 1 rings (SSSR count). The van der Waals surface area contributed by atoms with Crippen LogP contribution in [0.25, 0.3) is 0 Å². The van der Waals surface area contributed by atoms with Crippen molar-refractivity contribution in [2.75, 3.05) is 21.3 Å². The number of carbonyl (C=O) groups is 1. The Morgan fingerprint density at radius 3 is 2.00 bits per heavy atom. The summed E-state index contributed by atoms with van der Waals surface area (Å²) in [5.74, 6) is -1.43. The lowest BCUT2D eigenvalue weighted by molar-refractivity contribution is -0.281. The summed E-state index contributed by atoms with van der Waals surface area (Å²) in [4.78, 5) is 22.0. The van der Waals surface area contributed by atoms with Gasteiger partial charge in [-0.15, -0.1) is 0 Å². The van der Waals surface area contributed by atoms with Crippen molar-refractivity contribution in [1.82, 2.24) is 0 Å². The van der Waals surface area contributed by atoms with E-state index in [2.05, 4.69) is 4.74 Å². The molecule has 5 nitrogen and oxygen atoms in total. The van der Waals surface area contributed by atoms with Crippen LogP contribution in [0.4, 0.5) is 0 Å². The molecule has 14 heavy (non-hydrogen) atoms. The lowest BCUT2D eigenvalue weighted by Crippen LogP contribution is -2.59. The van der Waals surface area contributed by atoms with Gasteiger partial charge in [0.1, 0.15) is 5.41 Å². The first kappa shape index (κ1) is 11.1. The topological polar surface area (TPSA) is 61.8 Å². The van der Waals surface area contributed by atoms with Crippen LogP contribution in [0.1, 0.15) is 12.8 Å². The molecular weight excluding hydrogens is 188 g/mol. The number of hydrogen-bond acceptors (Lipinski definition) is 5. The Morgan fingerprint density at radius 1 is 1.21 bits per heavy atom. The van der Waals surface area contributed by atoms with Crippen molar-refractivity contribution in [2.45, 2.75) is 18.6 Å². The highest BCUT2D eigenvalue weighted by atomic mass is 16.7. The van der Waals surface area contributed by atoms with Crippen LogP contribution in [0.15, 0.2) is 0 Å². The van der Waals surface area contributed by atoms with E-state index in [1.165, 1.54) is 21.3 Å². The lowest BCUT2D eigenvalue weighted by atomic mass is 9.65. The molecule has 1 aliphatic carbocycles. The van der Waals surface area contributed by atoms with E-state index in [1.54, 1.807) is 6.29 Å². The molecule has 0 spiro atoms. The average molecular weight is 201 g/mol. The Hall–Kier alpha value is -0.940. The van der Waals surface area contributed by atoms with Crippen LogP contribution >= 0.6 is 0 Å². The van der Waals surface area contributed by atoms with Crippen molar-refractivity contribution >= 4 is 12.3 Å². The van der Waals surface area contributed by atoms with Gasteiger partial charge in [-0.05, 0) is 0 Å². The van der Waals surface area contributed by atoms with Gasteiger partial charge in [0.05, 0.1) is 7.11 Å². The summed E-state index contributed by atoms with van der Waals surface area (Å²) in [6.45, 7) is 0. The van der Waals surface area contributed by atoms with Gasteiger partial charge in [0.2, 0.25) is 6.29 Å². The zero-order valence-corrected chi connectivity index (χ0v) is 8.46. The fraction of sp³-hybridized carbons (Fsp3) is 0.778. The standard InChI is InChI=1S/C9H13O5/c1-12-7(11)8(6-10)4-9(5-8,13-2)14-3/h4-5H2,1-3H3. The van der Waals surface area contributed by atoms with E-state index >= 15 is 0 Å². The van der Waals surface area contributed by atoms with E-state index in [1.807, 2.05) is 0 Å². The molecule has 79 valence electrons. The SMILES string of the molecule is COC(=O)C1([C]=O)CC(OC)(OC)C1. The van der Waals surface area contributed by atoms with Crippen molar-refractivity contribution in [3.8, 4) is 0 Å². The molecule has 0 aromatic rings. The summed E-state index contributed by atoms with van der Waals surface area (Å²) in [7, 11) is 4.17. The van der Waals surface area contributed by atoms with Crippen LogP contribution in [0.5, 0.6) is 0 Å². The smallest absolute Gasteiger partial charge is 0.320 e. The van der Waals surface area contributed by atoms with Gasteiger partial charge < -0.3 is 14.2 Å². The molecule has 5 heteroatoms. The molecule has 0 amide bonds. The number of rotatable bonds is 4. The summed E-state index contributed by atoms with van der Waals surface area (Å²) in [5.41, 5.74) is -1.21. The van der Waals surface area contributed by atoms with Crippen molar-refractivity contribution in [3.05, 3.63) is 0 Å². The van der Waals surface area contributed by atoms with Crippen molar-refractivity contribution in [3.63, 3.8) is 0 Å². The molecule has 0 aliphatic heterocycles. The number of ether oxygens (including phenoxy) is 3.